The molecule has 0 aliphatic rings. The Morgan fingerprint density at radius 3 is 2.11 bits per heavy atom. The second-order valence-electron chi connectivity index (χ2n) is 9.46. The van der Waals surface area contributed by atoms with Gasteiger partial charge < -0.3 is 4.42 Å². The van der Waals surface area contributed by atoms with Crippen molar-refractivity contribution >= 4 is 21.9 Å². The Balaban J connectivity index is 1.57. The Bertz CT molecular complexity index is 1740. The van der Waals surface area contributed by atoms with E-state index in [0.29, 0.717) is 0 Å². The van der Waals surface area contributed by atoms with Crippen molar-refractivity contribution in [1.82, 2.24) is 0 Å². The molecule has 170 valence electrons. The molecule has 2 aromatic heterocycles. The first-order valence-corrected chi connectivity index (χ1v) is 12.1. The summed E-state index contributed by atoms with van der Waals surface area (Å²) >= 11 is 0. The van der Waals surface area contributed by atoms with Gasteiger partial charge in [-0.15, -0.1) is 0 Å². The zero-order chi connectivity index (χ0) is 24.1. The summed E-state index contributed by atoms with van der Waals surface area (Å²) in [5.41, 5.74) is 12.8. The fourth-order valence-corrected chi connectivity index (χ4v) is 5.30. The fourth-order valence-electron chi connectivity index (χ4n) is 5.30. The van der Waals surface area contributed by atoms with Crippen LogP contribution in [0.5, 0.6) is 0 Å². The quantitative estimate of drug-likeness (QED) is 0.246. The SMILES string of the molecule is Cc1ccccc1-c1ccc(-c2cccc3c2oc2c(-c4cccc[n+]4C)c(C)ccc23)cc1C. The number of aryl methyl sites for hydroxylation is 4. The number of furan rings is 1. The first kappa shape index (κ1) is 21.4. The third kappa shape index (κ3) is 3.45. The first-order valence-electron chi connectivity index (χ1n) is 12.1. The van der Waals surface area contributed by atoms with Crippen LogP contribution in [0.1, 0.15) is 16.7 Å². The molecule has 0 atom stereocenters. The molecule has 0 aliphatic heterocycles. The van der Waals surface area contributed by atoms with Crippen LogP contribution in [0.15, 0.2) is 102 Å². The maximum atomic E-state index is 6.72. The minimum absolute atomic E-state index is 0.941. The predicted octanol–water partition coefficient (Wildman–Crippen LogP) is 8.34. The smallest absolute Gasteiger partial charge is 0.216 e. The van der Waals surface area contributed by atoms with Crippen LogP contribution in [0.2, 0.25) is 0 Å². The van der Waals surface area contributed by atoms with Crippen LogP contribution in [0.3, 0.4) is 0 Å². The van der Waals surface area contributed by atoms with E-state index in [-0.39, 0.29) is 0 Å². The Morgan fingerprint density at radius 1 is 0.571 bits per heavy atom. The number of hydrogen-bond donors (Lipinski definition) is 0. The zero-order valence-corrected chi connectivity index (χ0v) is 20.6. The zero-order valence-electron chi connectivity index (χ0n) is 20.6. The van der Waals surface area contributed by atoms with Gasteiger partial charge in [0.2, 0.25) is 5.69 Å². The lowest BCUT2D eigenvalue weighted by atomic mass is 9.93. The molecule has 0 radical (unpaired) electrons. The van der Waals surface area contributed by atoms with E-state index < -0.39 is 0 Å². The summed E-state index contributed by atoms with van der Waals surface area (Å²) in [5.74, 6) is 0. The molecule has 2 nitrogen and oxygen atoms in total. The molecule has 0 amide bonds. The number of fused-ring (bicyclic) bond motifs is 3. The largest absolute Gasteiger partial charge is 0.454 e. The molecule has 35 heavy (non-hydrogen) atoms. The monoisotopic (exact) mass is 454 g/mol. The van der Waals surface area contributed by atoms with Gasteiger partial charge in [0.1, 0.15) is 18.2 Å². The van der Waals surface area contributed by atoms with Gasteiger partial charge in [0.25, 0.3) is 0 Å². The van der Waals surface area contributed by atoms with E-state index in [1.54, 1.807) is 0 Å². The Kier molecular flexibility index (Phi) is 5.04. The Hall–Kier alpha value is -4.17. The maximum absolute atomic E-state index is 6.72. The van der Waals surface area contributed by atoms with Gasteiger partial charge in [0.15, 0.2) is 6.20 Å². The van der Waals surface area contributed by atoms with Crippen molar-refractivity contribution in [2.75, 3.05) is 0 Å². The average Bonchev–Trinajstić information content (AvgIpc) is 3.24. The Morgan fingerprint density at radius 2 is 1.31 bits per heavy atom. The van der Waals surface area contributed by atoms with Gasteiger partial charge >= 0.3 is 0 Å². The van der Waals surface area contributed by atoms with Gasteiger partial charge in [0.05, 0.1) is 5.56 Å². The van der Waals surface area contributed by atoms with Gasteiger partial charge in [-0.2, -0.15) is 0 Å². The van der Waals surface area contributed by atoms with Gasteiger partial charge in [0, 0.05) is 28.5 Å². The molecule has 2 heteroatoms. The molecule has 6 aromatic rings. The highest BCUT2D eigenvalue weighted by Crippen LogP contribution is 2.41. The normalized spacial score (nSPS) is 11.4. The molecule has 0 saturated heterocycles. The highest BCUT2D eigenvalue weighted by atomic mass is 16.3. The van der Waals surface area contributed by atoms with E-state index in [1.807, 2.05) is 0 Å². The van der Waals surface area contributed by atoms with Crippen LogP contribution in [0.4, 0.5) is 0 Å². The summed E-state index contributed by atoms with van der Waals surface area (Å²) in [6.45, 7) is 6.52. The number of para-hydroxylation sites is 1. The fraction of sp³-hybridized carbons (Fsp3) is 0.121. The molecule has 0 bridgehead atoms. The lowest BCUT2D eigenvalue weighted by Crippen LogP contribution is -2.30. The third-order valence-corrected chi connectivity index (χ3v) is 7.16. The van der Waals surface area contributed by atoms with E-state index in [1.165, 1.54) is 33.4 Å². The van der Waals surface area contributed by atoms with Crippen molar-refractivity contribution in [2.45, 2.75) is 20.8 Å². The second-order valence-corrected chi connectivity index (χ2v) is 9.46. The maximum Gasteiger partial charge on any atom is 0.216 e. The summed E-state index contributed by atoms with van der Waals surface area (Å²) in [6.07, 6.45) is 2.08. The number of rotatable bonds is 3. The molecule has 0 fully saturated rings. The standard InChI is InChI=1S/C33H28NO/c1-21-10-5-6-11-25(21)26-18-16-24(20-23(26)3)27-12-9-13-28-29-17-15-22(2)31(33(29)35-32(27)28)30-14-7-8-19-34(30)4/h5-20H,1-4H3/q+1. The van der Waals surface area contributed by atoms with E-state index in [2.05, 4.69) is 130 Å². The van der Waals surface area contributed by atoms with Crippen LogP contribution < -0.4 is 4.57 Å². The van der Waals surface area contributed by atoms with Crippen molar-refractivity contribution in [3.63, 3.8) is 0 Å². The van der Waals surface area contributed by atoms with Crippen molar-refractivity contribution in [1.29, 1.82) is 0 Å². The Labute approximate surface area is 206 Å². The summed E-state index contributed by atoms with van der Waals surface area (Å²) < 4.78 is 8.88. The van der Waals surface area contributed by atoms with E-state index >= 15 is 0 Å². The molecule has 2 heterocycles. The van der Waals surface area contributed by atoms with Crippen LogP contribution in [0, 0.1) is 20.8 Å². The van der Waals surface area contributed by atoms with Crippen LogP contribution in [-0.4, -0.2) is 0 Å². The molecular weight excluding hydrogens is 426 g/mol. The van der Waals surface area contributed by atoms with E-state index in [0.717, 1.165) is 38.8 Å². The molecule has 4 aromatic carbocycles. The summed E-state index contributed by atoms with van der Waals surface area (Å²) in [7, 11) is 2.08. The van der Waals surface area contributed by atoms with Gasteiger partial charge in [-0.25, -0.2) is 4.57 Å². The average molecular weight is 455 g/mol. The van der Waals surface area contributed by atoms with Gasteiger partial charge in [-0.3, -0.25) is 0 Å². The minimum Gasteiger partial charge on any atom is -0.454 e. The molecule has 0 saturated carbocycles. The number of pyridine rings is 1. The highest BCUT2D eigenvalue weighted by molar-refractivity contribution is 6.13. The predicted molar refractivity (Wildman–Crippen MR) is 145 cm³/mol. The van der Waals surface area contributed by atoms with Crippen LogP contribution in [-0.2, 0) is 7.05 Å². The van der Waals surface area contributed by atoms with Crippen LogP contribution in [0.25, 0.3) is 55.4 Å². The van der Waals surface area contributed by atoms with Crippen molar-refractivity contribution < 1.29 is 8.98 Å². The van der Waals surface area contributed by atoms with Crippen LogP contribution >= 0.6 is 0 Å². The minimum atomic E-state index is 0.941. The van der Waals surface area contributed by atoms with E-state index in [4.69, 9.17) is 4.42 Å². The number of nitrogens with zero attached hydrogens (tertiary/aromatic N) is 1. The van der Waals surface area contributed by atoms with Crippen molar-refractivity contribution in [3.05, 3.63) is 114 Å². The summed E-state index contributed by atoms with van der Waals surface area (Å²) in [6, 6.07) is 32.5. The number of benzene rings is 4. The highest BCUT2D eigenvalue weighted by Gasteiger charge is 2.21. The summed E-state index contributed by atoms with van der Waals surface area (Å²) in [4.78, 5) is 0. The molecule has 0 unspecified atom stereocenters. The van der Waals surface area contributed by atoms with Crippen molar-refractivity contribution in [2.24, 2.45) is 7.05 Å². The lowest BCUT2D eigenvalue weighted by Gasteiger charge is -2.11. The van der Waals surface area contributed by atoms with E-state index in [9.17, 15) is 0 Å². The van der Waals surface area contributed by atoms with Crippen molar-refractivity contribution in [3.8, 4) is 33.5 Å². The first-order chi connectivity index (χ1) is 17.0. The topological polar surface area (TPSA) is 17.0 Å². The lowest BCUT2D eigenvalue weighted by molar-refractivity contribution is -0.660. The number of aromatic nitrogens is 1. The molecular formula is C33H28NO+. The second kappa shape index (κ2) is 8.25. The molecule has 0 aliphatic carbocycles. The number of hydrogen-bond acceptors (Lipinski definition) is 1. The molecule has 6 rings (SSSR count). The van der Waals surface area contributed by atoms with Gasteiger partial charge in [-0.1, -0.05) is 72.8 Å². The molecule has 0 spiro atoms. The van der Waals surface area contributed by atoms with Gasteiger partial charge in [-0.05, 0) is 60.2 Å². The summed E-state index contributed by atoms with van der Waals surface area (Å²) in [5, 5.41) is 2.30. The third-order valence-electron chi connectivity index (χ3n) is 7.16. The molecule has 0 N–H and O–H groups in total.